The minimum absolute atomic E-state index is 0.137. The Morgan fingerprint density at radius 3 is 2.50 bits per heavy atom. The van der Waals surface area contributed by atoms with E-state index in [1.165, 1.54) is 0 Å². The highest BCUT2D eigenvalue weighted by Gasteiger charge is 2.02. The molecule has 0 atom stereocenters. The maximum atomic E-state index is 10.7. The van der Waals surface area contributed by atoms with Crippen molar-refractivity contribution in [2.24, 2.45) is 0 Å². The highest BCUT2D eigenvalue weighted by atomic mass is 32.1. The fraction of sp³-hybridized carbons (Fsp3) is 0.714. The molecule has 0 N–H and O–H groups in total. The van der Waals surface area contributed by atoms with Crippen LogP contribution in [-0.4, -0.2) is 17.4 Å². The highest BCUT2D eigenvalue weighted by molar-refractivity contribution is 7.80. The lowest BCUT2D eigenvalue weighted by atomic mass is 10.2. The lowest BCUT2D eigenvalue weighted by Crippen LogP contribution is -2.07. The second kappa shape index (κ2) is 5.35. The maximum Gasteiger partial charge on any atom is 0.167 e. The Balaban J connectivity index is 3.47. The number of thiocarbonyl (C=S) groups is 1. The zero-order valence-corrected chi connectivity index (χ0v) is 7.16. The summed E-state index contributed by atoms with van der Waals surface area (Å²) in [5.41, 5.74) is 0. The van der Waals surface area contributed by atoms with Gasteiger partial charge in [0.15, 0.2) is 5.05 Å². The third-order valence-corrected chi connectivity index (χ3v) is 1.30. The summed E-state index contributed by atoms with van der Waals surface area (Å²) in [6.45, 7) is 4.22. The molecule has 0 aliphatic heterocycles. The van der Waals surface area contributed by atoms with Crippen molar-refractivity contribution in [3.8, 4) is 0 Å². The number of ketones is 1. The van der Waals surface area contributed by atoms with E-state index in [-0.39, 0.29) is 5.78 Å². The SMILES string of the molecule is CCOC(=S)CC(=O)CC. The quantitative estimate of drug-likeness (QED) is 0.586. The van der Waals surface area contributed by atoms with E-state index in [1.807, 2.05) is 13.8 Å². The molecular weight excluding hydrogens is 148 g/mol. The first kappa shape index (κ1) is 9.56. The number of rotatable bonds is 4. The third-order valence-electron chi connectivity index (χ3n) is 1.04. The van der Waals surface area contributed by atoms with E-state index in [0.29, 0.717) is 24.5 Å². The molecule has 58 valence electrons. The molecule has 0 fully saturated rings. The van der Waals surface area contributed by atoms with Gasteiger partial charge in [0.1, 0.15) is 5.78 Å². The largest absolute Gasteiger partial charge is 0.487 e. The van der Waals surface area contributed by atoms with Crippen LogP contribution in [0.3, 0.4) is 0 Å². The van der Waals surface area contributed by atoms with Gasteiger partial charge in [0.2, 0.25) is 0 Å². The standard InChI is InChI=1S/C7H12O2S/c1-3-6(8)5-7(10)9-4-2/h3-5H2,1-2H3. The van der Waals surface area contributed by atoms with Crippen LogP contribution in [0, 0.1) is 0 Å². The van der Waals surface area contributed by atoms with E-state index in [2.05, 4.69) is 0 Å². The van der Waals surface area contributed by atoms with Crippen molar-refractivity contribution in [3.63, 3.8) is 0 Å². The summed E-state index contributed by atoms with van der Waals surface area (Å²) in [5, 5.41) is 0.411. The second-order valence-corrected chi connectivity index (χ2v) is 2.33. The van der Waals surface area contributed by atoms with E-state index in [9.17, 15) is 4.79 Å². The van der Waals surface area contributed by atoms with Crippen LogP contribution < -0.4 is 0 Å². The topological polar surface area (TPSA) is 26.3 Å². The van der Waals surface area contributed by atoms with Crippen LogP contribution in [0.15, 0.2) is 0 Å². The molecule has 0 radical (unpaired) electrons. The monoisotopic (exact) mass is 160 g/mol. The number of hydrogen-bond acceptors (Lipinski definition) is 3. The molecule has 0 aromatic heterocycles. The first-order valence-electron chi connectivity index (χ1n) is 3.38. The second-order valence-electron chi connectivity index (χ2n) is 1.87. The Hall–Kier alpha value is -0.440. The summed E-state index contributed by atoms with van der Waals surface area (Å²) in [4.78, 5) is 10.7. The minimum Gasteiger partial charge on any atom is -0.487 e. The minimum atomic E-state index is 0.137. The molecule has 3 heteroatoms. The van der Waals surface area contributed by atoms with Gasteiger partial charge in [0.25, 0.3) is 0 Å². The average Bonchev–Trinajstić information content (AvgIpc) is 1.88. The molecule has 0 unspecified atom stereocenters. The Bertz CT molecular complexity index is 132. The molecule has 10 heavy (non-hydrogen) atoms. The first-order valence-corrected chi connectivity index (χ1v) is 3.78. The molecular formula is C7H12O2S. The summed E-state index contributed by atoms with van der Waals surface area (Å²) < 4.78 is 4.92. The van der Waals surface area contributed by atoms with Crippen molar-refractivity contribution in [1.29, 1.82) is 0 Å². The number of carbonyl (C=O) groups is 1. The molecule has 0 aromatic rings. The van der Waals surface area contributed by atoms with Crippen LogP contribution in [0.5, 0.6) is 0 Å². The highest BCUT2D eigenvalue weighted by Crippen LogP contribution is 1.94. The lowest BCUT2D eigenvalue weighted by Gasteiger charge is -2.01. The Labute approximate surface area is 66.6 Å². The summed E-state index contributed by atoms with van der Waals surface area (Å²) in [6.07, 6.45) is 0.826. The molecule has 0 amide bonds. The van der Waals surface area contributed by atoms with Gasteiger partial charge in [-0.25, -0.2) is 0 Å². The van der Waals surface area contributed by atoms with Gasteiger partial charge in [-0.1, -0.05) is 6.92 Å². The average molecular weight is 160 g/mol. The molecule has 0 saturated carbocycles. The Morgan fingerprint density at radius 1 is 1.50 bits per heavy atom. The molecule has 2 nitrogen and oxygen atoms in total. The van der Waals surface area contributed by atoms with Crippen LogP contribution in [0.2, 0.25) is 0 Å². The summed E-state index contributed by atoms with van der Waals surface area (Å²) in [5.74, 6) is 0.137. The van der Waals surface area contributed by atoms with Crippen LogP contribution >= 0.6 is 12.2 Å². The molecule has 0 spiro atoms. The Morgan fingerprint density at radius 2 is 2.10 bits per heavy atom. The van der Waals surface area contributed by atoms with Crippen molar-refractivity contribution in [2.45, 2.75) is 26.7 Å². The van der Waals surface area contributed by atoms with Crippen molar-refractivity contribution in [2.75, 3.05) is 6.61 Å². The van der Waals surface area contributed by atoms with Gasteiger partial charge in [-0.3, -0.25) is 4.79 Å². The van der Waals surface area contributed by atoms with Gasteiger partial charge < -0.3 is 4.74 Å². The molecule has 0 aliphatic carbocycles. The zero-order chi connectivity index (χ0) is 7.98. The fourth-order valence-electron chi connectivity index (χ4n) is 0.498. The van der Waals surface area contributed by atoms with Crippen molar-refractivity contribution < 1.29 is 9.53 Å². The Kier molecular flexibility index (Phi) is 5.12. The van der Waals surface area contributed by atoms with E-state index in [4.69, 9.17) is 17.0 Å². The van der Waals surface area contributed by atoms with Crippen molar-refractivity contribution >= 4 is 23.1 Å². The van der Waals surface area contributed by atoms with Crippen molar-refractivity contribution in [3.05, 3.63) is 0 Å². The van der Waals surface area contributed by atoms with E-state index < -0.39 is 0 Å². The van der Waals surface area contributed by atoms with E-state index in [0.717, 1.165) is 0 Å². The smallest absolute Gasteiger partial charge is 0.167 e. The maximum absolute atomic E-state index is 10.7. The summed E-state index contributed by atoms with van der Waals surface area (Å²) in [6, 6.07) is 0. The first-order chi connectivity index (χ1) is 4.70. The number of carbonyl (C=O) groups excluding carboxylic acids is 1. The van der Waals surface area contributed by atoms with Crippen LogP contribution in [0.1, 0.15) is 26.7 Å². The number of hydrogen-bond donors (Lipinski definition) is 0. The molecule has 0 bridgehead atoms. The predicted molar refractivity (Wildman–Crippen MR) is 44.1 cm³/mol. The molecule has 0 saturated heterocycles. The molecule has 0 aliphatic rings. The van der Waals surface area contributed by atoms with E-state index >= 15 is 0 Å². The van der Waals surface area contributed by atoms with Gasteiger partial charge >= 0.3 is 0 Å². The van der Waals surface area contributed by atoms with E-state index in [1.54, 1.807) is 0 Å². The third kappa shape index (κ3) is 4.44. The molecule has 0 rings (SSSR count). The predicted octanol–water partition coefficient (Wildman–Crippen LogP) is 1.72. The van der Waals surface area contributed by atoms with Gasteiger partial charge in [-0.2, -0.15) is 0 Å². The van der Waals surface area contributed by atoms with Gasteiger partial charge in [0, 0.05) is 6.42 Å². The zero-order valence-electron chi connectivity index (χ0n) is 6.35. The van der Waals surface area contributed by atoms with Crippen molar-refractivity contribution in [1.82, 2.24) is 0 Å². The lowest BCUT2D eigenvalue weighted by molar-refractivity contribution is -0.117. The summed E-state index contributed by atoms with van der Waals surface area (Å²) in [7, 11) is 0. The van der Waals surface area contributed by atoms with Crippen LogP contribution in [0.25, 0.3) is 0 Å². The molecule has 0 aromatic carbocycles. The van der Waals surface area contributed by atoms with Gasteiger partial charge in [0.05, 0.1) is 13.0 Å². The van der Waals surface area contributed by atoms with Crippen LogP contribution in [-0.2, 0) is 9.53 Å². The summed E-state index contributed by atoms with van der Waals surface area (Å²) >= 11 is 4.75. The fourth-order valence-corrected chi connectivity index (χ4v) is 0.777. The molecule has 0 heterocycles. The normalized spacial score (nSPS) is 9.00. The van der Waals surface area contributed by atoms with Crippen LogP contribution in [0.4, 0.5) is 0 Å². The number of Topliss-reactive ketones (excluding diaryl/α,β-unsaturated/α-hetero) is 1. The van der Waals surface area contributed by atoms with Gasteiger partial charge in [-0.05, 0) is 19.1 Å². The number of ether oxygens (including phenoxy) is 1. The van der Waals surface area contributed by atoms with Gasteiger partial charge in [-0.15, -0.1) is 0 Å².